The van der Waals surface area contributed by atoms with Crippen LogP contribution in [0.25, 0.3) is 0 Å². The number of carbonyl (C=O) groups is 2. The quantitative estimate of drug-likeness (QED) is 0.558. The number of amides is 2. The van der Waals surface area contributed by atoms with Gasteiger partial charge in [-0.25, -0.2) is 0 Å². The molecule has 0 saturated heterocycles. The van der Waals surface area contributed by atoms with E-state index in [1.807, 2.05) is 0 Å². The van der Waals surface area contributed by atoms with Gasteiger partial charge in [-0.05, 0) is 37.1 Å². The maximum atomic E-state index is 12.6. The lowest BCUT2D eigenvalue weighted by molar-refractivity contribution is -0.385. The van der Waals surface area contributed by atoms with Gasteiger partial charge >= 0.3 is 0 Å². The standard InChI is InChI=1S/C19H19N3O6/c1-27-16-9-14(15(22(25)26)10-17(16)28-2)19(24)21-13-7-5-12(6-8-13)20-18(23)11-3-4-11/h5-11H,3-4H2,1-2H3,(H,20,23)(H,21,24). The first-order valence-electron chi connectivity index (χ1n) is 8.55. The van der Waals surface area contributed by atoms with E-state index in [9.17, 15) is 19.7 Å². The molecule has 0 bridgehead atoms. The molecular weight excluding hydrogens is 366 g/mol. The molecule has 146 valence electrons. The number of rotatable bonds is 7. The summed E-state index contributed by atoms with van der Waals surface area (Å²) in [4.78, 5) is 35.0. The second-order valence-corrected chi connectivity index (χ2v) is 6.28. The van der Waals surface area contributed by atoms with Crippen molar-refractivity contribution in [3.8, 4) is 11.5 Å². The number of nitrogens with zero attached hydrogens (tertiary/aromatic N) is 1. The number of nitrogens with one attached hydrogen (secondary N) is 2. The van der Waals surface area contributed by atoms with Crippen molar-refractivity contribution in [3.63, 3.8) is 0 Å². The van der Waals surface area contributed by atoms with Crippen molar-refractivity contribution in [1.29, 1.82) is 0 Å². The highest BCUT2D eigenvalue weighted by atomic mass is 16.6. The van der Waals surface area contributed by atoms with Crippen molar-refractivity contribution >= 4 is 28.9 Å². The molecule has 0 aromatic heterocycles. The Hall–Kier alpha value is -3.62. The molecule has 2 N–H and O–H groups in total. The highest BCUT2D eigenvalue weighted by molar-refractivity contribution is 6.07. The predicted molar refractivity (Wildman–Crippen MR) is 102 cm³/mol. The number of ether oxygens (including phenoxy) is 2. The van der Waals surface area contributed by atoms with Gasteiger partial charge < -0.3 is 20.1 Å². The van der Waals surface area contributed by atoms with E-state index in [-0.39, 0.29) is 28.9 Å². The minimum absolute atomic E-state index is 0.0160. The molecule has 0 radical (unpaired) electrons. The Balaban J connectivity index is 1.78. The normalized spacial score (nSPS) is 12.8. The van der Waals surface area contributed by atoms with Gasteiger partial charge in [0.15, 0.2) is 11.5 Å². The van der Waals surface area contributed by atoms with Crippen molar-refractivity contribution < 1.29 is 24.0 Å². The molecule has 0 unspecified atom stereocenters. The van der Waals surface area contributed by atoms with E-state index in [2.05, 4.69) is 10.6 Å². The van der Waals surface area contributed by atoms with Crippen molar-refractivity contribution in [2.45, 2.75) is 12.8 Å². The summed E-state index contributed by atoms with van der Waals surface area (Å²) in [6.45, 7) is 0. The molecule has 0 atom stereocenters. The van der Waals surface area contributed by atoms with Gasteiger partial charge in [-0.2, -0.15) is 0 Å². The van der Waals surface area contributed by atoms with Crippen molar-refractivity contribution in [1.82, 2.24) is 0 Å². The van der Waals surface area contributed by atoms with Crippen LogP contribution in [0.4, 0.5) is 17.1 Å². The summed E-state index contributed by atoms with van der Waals surface area (Å²) in [5, 5.41) is 16.7. The van der Waals surface area contributed by atoms with Gasteiger partial charge in [0.25, 0.3) is 11.6 Å². The number of carbonyl (C=O) groups excluding carboxylic acids is 2. The summed E-state index contributed by atoms with van der Waals surface area (Å²) in [5.74, 6) is -0.233. The van der Waals surface area contributed by atoms with Crippen LogP contribution in [0.15, 0.2) is 36.4 Å². The van der Waals surface area contributed by atoms with Crippen LogP contribution >= 0.6 is 0 Å². The summed E-state index contributed by atoms with van der Waals surface area (Å²) in [6, 6.07) is 8.92. The molecule has 1 fully saturated rings. The lowest BCUT2D eigenvalue weighted by atomic mass is 10.1. The fourth-order valence-electron chi connectivity index (χ4n) is 2.63. The van der Waals surface area contributed by atoms with Crippen LogP contribution in [0, 0.1) is 16.0 Å². The van der Waals surface area contributed by atoms with Crippen LogP contribution in [0.3, 0.4) is 0 Å². The number of methoxy groups -OCH3 is 2. The Labute approximate surface area is 160 Å². The van der Waals surface area contributed by atoms with Crippen LogP contribution in [-0.4, -0.2) is 31.0 Å². The zero-order chi connectivity index (χ0) is 20.3. The number of hydrogen-bond acceptors (Lipinski definition) is 6. The first-order chi connectivity index (χ1) is 13.4. The Morgan fingerprint density at radius 3 is 2.04 bits per heavy atom. The third-order valence-corrected chi connectivity index (χ3v) is 4.30. The van der Waals surface area contributed by atoms with Crippen LogP contribution < -0.4 is 20.1 Å². The predicted octanol–water partition coefficient (Wildman–Crippen LogP) is 3.21. The van der Waals surface area contributed by atoms with E-state index in [4.69, 9.17) is 9.47 Å². The van der Waals surface area contributed by atoms with Gasteiger partial charge in [0.1, 0.15) is 5.56 Å². The summed E-state index contributed by atoms with van der Waals surface area (Å²) < 4.78 is 10.2. The van der Waals surface area contributed by atoms with E-state index < -0.39 is 16.5 Å². The Morgan fingerprint density at radius 2 is 1.54 bits per heavy atom. The van der Waals surface area contributed by atoms with Gasteiger partial charge in [0.2, 0.25) is 5.91 Å². The summed E-state index contributed by atoms with van der Waals surface area (Å²) in [7, 11) is 2.73. The van der Waals surface area contributed by atoms with Crippen molar-refractivity contribution in [2.24, 2.45) is 5.92 Å². The molecule has 2 aromatic carbocycles. The molecule has 0 heterocycles. The number of hydrogen-bond donors (Lipinski definition) is 2. The zero-order valence-electron chi connectivity index (χ0n) is 15.4. The third kappa shape index (κ3) is 4.20. The van der Waals surface area contributed by atoms with E-state index in [0.29, 0.717) is 11.4 Å². The second-order valence-electron chi connectivity index (χ2n) is 6.28. The molecule has 3 rings (SSSR count). The highest BCUT2D eigenvalue weighted by Gasteiger charge is 2.29. The molecule has 1 aliphatic rings. The molecule has 2 aromatic rings. The molecule has 28 heavy (non-hydrogen) atoms. The monoisotopic (exact) mass is 385 g/mol. The summed E-state index contributed by atoms with van der Waals surface area (Å²) >= 11 is 0. The molecule has 1 aliphatic carbocycles. The minimum Gasteiger partial charge on any atom is -0.493 e. The van der Waals surface area contributed by atoms with E-state index in [1.54, 1.807) is 24.3 Å². The van der Waals surface area contributed by atoms with Crippen molar-refractivity contribution in [2.75, 3.05) is 24.9 Å². The zero-order valence-corrected chi connectivity index (χ0v) is 15.4. The first-order valence-corrected chi connectivity index (χ1v) is 8.55. The molecule has 2 amide bonds. The topological polar surface area (TPSA) is 120 Å². The van der Waals surface area contributed by atoms with Crippen LogP contribution in [-0.2, 0) is 4.79 Å². The number of benzene rings is 2. The number of nitro benzene ring substituents is 1. The largest absolute Gasteiger partial charge is 0.493 e. The Kier molecular flexibility index (Phi) is 5.44. The van der Waals surface area contributed by atoms with Gasteiger partial charge in [-0.3, -0.25) is 19.7 Å². The average molecular weight is 385 g/mol. The lowest BCUT2D eigenvalue weighted by Gasteiger charge is -2.11. The fraction of sp³-hybridized carbons (Fsp3) is 0.263. The van der Waals surface area contributed by atoms with Crippen LogP contribution in [0.1, 0.15) is 23.2 Å². The molecular formula is C19H19N3O6. The fourth-order valence-corrected chi connectivity index (χ4v) is 2.63. The van der Waals surface area contributed by atoms with Gasteiger partial charge in [-0.1, -0.05) is 0 Å². The van der Waals surface area contributed by atoms with Gasteiger partial charge in [0, 0.05) is 23.4 Å². The number of anilines is 2. The Morgan fingerprint density at radius 1 is 1.00 bits per heavy atom. The van der Waals surface area contributed by atoms with Gasteiger partial charge in [-0.15, -0.1) is 0 Å². The van der Waals surface area contributed by atoms with Gasteiger partial charge in [0.05, 0.1) is 25.2 Å². The average Bonchev–Trinajstić information content (AvgIpc) is 3.53. The molecule has 9 nitrogen and oxygen atoms in total. The molecule has 9 heteroatoms. The summed E-state index contributed by atoms with van der Waals surface area (Å²) in [6.07, 6.45) is 1.81. The molecule has 0 spiro atoms. The first kappa shape index (κ1) is 19.2. The van der Waals surface area contributed by atoms with E-state index in [0.717, 1.165) is 18.9 Å². The summed E-state index contributed by atoms with van der Waals surface area (Å²) in [5.41, 5.74) is 0.489. The van der Waals surface area contributed by atoms with Crippen molar-refractivity contribution in [3.05, 3.63) is 52.1 Å². The molecule has 0 aliphatic heterocycles. The third-order valence-electron chi connectivity index (χ3n) is 4.30. The Bertz CT molecular complexity index is 922. The highest BCUT2D eigenvalue weighted by Crippen LogP contribution is 2.35. The van der Waals surface area contributed by atoms with Crippen LogP contribution in [0.2, 0.25) is 0 Å². The minimum atomic E-state index is -0.664. The van der Waals surface area contributed by atoms with E-state index >= 15 is 0 Å². The lowest BCUT2D eigenvalue weighted by Crippen LogP contribution is -2.15. The van der Waals surface area contributed by atoms with Crippen LogP contribution in [0.5, 0.6) is 11.5 Å². The van der Waals surface area contributed by atoms with E-state index in [1.165, 1.54) is 20.3 Å². The molecule has 1 saturated carbocycles. The smallest absolute Gasteiger partial charge is 0.286 e. The SMILES string of the molecule is COc1cc(C(=O)Nc2ccc(NC(=O)C3CC3)cc2)c([N+](=O)[O-])cc1OC. The maximum Gasteiger partial charge on any atom is 0.286 e. The maximum absolute atomic E-state index is 12.6. The second kappa shape index (κ2) is 7.95. The number of nitro groups is 1.